The number of halogens is 3. The minimum atomic E-state index is -4.67. The molecule has 2 atom stereocenters. The van der Waals surface area contributed by atoms with Crippen molar-refractivity contribution in [2.45, 2.75) is 25.1 Å². The van der Waals surface area contributed by atoms with Gasteiger partial charge in [0.05, 0.1) is 11.9 Å². The zero-order chi connectivity index (χ0) is 14.3. The molecule has 2 saturated heterocycles. The average Bonchev–Trinajstić information content (AvgIpc) is 2.80. The fraction of sp³-hybridized carbons (Fsp3) is 0.667. The van der Waals surface area contributed by atoms with Crippen LogP contribution in [0, 0.1) is 5.92 Å². The minimum Gasteiger partial charge on any atom is -0.368 e. The second kappa shape index (κ2) is 4.76. The van der Waals surface area contributed by atoms with Crippen LogP contribution in [0.25, 0.3) is 0 Å². The van der Waals surface area contributed by atoms with Crippen LogP contribution in [0.3, 0.4) is 0 Å². The highest BCUT2D eigenvalue weighted by Gasteiger charge is 2.42. The van der Waals surface area contributed by atoms with E-state index in [1.807, 2.05) is 5.10 Å². The van der Waals surface area contributed by atoms with Crippen LogP contribution in [0.4, 0.5) is 18.9 Å². The monoisotopic (exact) mass is 288 g/mol. The van der Waals surface area contributed by atoms with Crippen LogP contribution in [0.15, 0.2) is 11.0 Å². The average molecular weight is 288 g/mol. The molecule has 3 heterocycles. The van der Waals surface area contributed by atoms with Gasteiger partial charge in [-0.2, -0.15) is 18.3 Å². The molecule has 0 bridgehead atoms. The summed E-state index contributed by atoms with van der Waals surface area (Å²) in [6.07, 6.45) is -1.53. The van der Waals surface area contributed by atoms with Gasteiger partial charge in [0.2, 0.25) is 0 Å². The summed E-state index contributed by atoms with van der Waals surface area (Å²) < 4.78 is 39.1. The first-order valence-corrected chi connectivity index (χ1v) is 6.60. The highest BCUT2D eigenvalue weighted by atomic mass is 19.4. The number of fused-ring (bicyclic) bond motifs is 1. The van der Waals surface area contributed by atoms with E-state index in [-0.39, 0.29) is 11.7 Å². The number of aromatic nitrogens is 2. The van der Waals surface area contributed by atoms with Gasteiger partial charge in [-0.05, 0) is 25.3 Å². The van der Waals surface area contributed by atoms with Crippen molar-refractivity contribution in [2.24, 2.45) is 5.92 Å². The third-order valence-corrected chi connectivity index (χ3v) is 4.06. The summed E-state index contributed by atoms with van der Waals surface area (Å²) in [7, 11) is 0. The number of alkyl halides is 3. The molecule has 2 fully saturated rings. The van der Waals surface area contributed by atoms with Gasteiger partial charge >= 0.3 is 6.18 Å². The number of anilines is 1. The number of rotatable bonds is 1. The molecular formula is C12H15F3N4O. The summed E-state index contributed by atoms with van der Waals surface area (Å²) in [5.74, 6) is 0.337. The van der Waals surface area contributed by atoms with Gasteiger partial charge in [-0.25, -0.2) is 5.10 Å². The SMILES string of the molecule is O=c1[nH]ncc(N2CC3CCCN[C@H]3C2)c1C(F)(F)F. The van der Waals surface area contributed by atoms with Crippen LogP contribution in [-0.4, -0.2) is 35.9 Å². The first-order valence-electron chi connectivity index (χ1n) is 6.60. The van der Waals surface area contributed by atoms with Crippen LogP contribution in [0.2, 0.25) is 0 Å². The Balaban J connectivity index is 1.95. The van der Waals surface area contributed by atoms with Crippen molar-refractivity contribution in [1.82, 2.24) is 15.5 Å². The fourth-order valence-electron chi connectivity index (χ4n) is 3.15. The topological polar surface area (TPSA) is 61.0 Å². The highest BCUT2D eigenvalue weighted by Crippen LogP contribution is 2.36. The van der Waals surface area contributed by atoms with Crippen LogP contribution in [0.5, 0.6) is 0 Å². The van der Waals surface area contributed by atoms with Gasteiger partial charge in [0.1, 0.15) is 5.56 Å². The molecule has 20 heavy (non-hydrogen) atoms. The van der Waals surface area contributed by atoms with E-state index < -0.39 is 17.3 Å². The van der Waals surface area contributed by atoms with E-state index in [1.165, 1.54) is 0 Å². The molecule has 0 amide bonds. The van der Waals surface area contributed by atoms with Crippen molar-refractivity contribution in [1.29, 1.82) is 0 Å². The second-order valence-corrected chi connectivity index (χ2v) is 5.33. The Kier molecular flexibility index (Phi) is 3.19. The van der Waals surface area contributed by atoms with E-state index in [4.69, 9.17) is 0 Å². The first kappa shape index (κ1) is 13.4. The van der Waals surface area contributed by atoms with E-state index in [1.54, 1.807) is 4.90 Å². The summed E-state index contributed by atoms with van der Waals surface area (Å²) in [6, 6.07) is 0.198. The number of piperidine rings is 1. The van der Waals surface area contributed by atoms with Gasteiger partial charge in [-0.3, -0.25) is 4.79 Å². The Labute approximate surface area is 113 Å². The fourth-order valence-corrected chi connectivity index (χ4v) is 3.15. The predicted octanol–water partition coefficient (Wildman–Crippen LogP) is 0.977. The van der Waals surface area contributed by atoms with Crippen molar-refractivity contribution in [3.05, 3.63) is 22.1 Å². The number of nitrogens with zero attached hydrogens (tertiary/aromatic N) is 2. The van der Waals surface area contributed by atoms with E-state index in [0.29, 0.717) is 19.0 Å². The molecular weight excluding hydrogens is 273 g/mol. The van der Waals surface area contributed by atoms with Gasteiger partial charge in [0, 0.05) is 19.1 Å². The largest absolute Gasteiger partial charge is 0.423 e. The molecule has 0 radical (unpaired) electrons. The molecule has 1 aromatic heterocycles. The Bertz CT molecular complexity index is 542. The lowest BCUT2D eigenvalue weighted by molar-refractivity contribution is -0.138. The van der Waals surface area contributed by atoms with Crippen LogP contribution < -0.4 is 15.8 Å². The van der Waals surface area contributed by atoms with Crippen molar-refractivity contribution in [2.75, 3.05) is 24.5 Å². The van der Waals surface area contributed by atoms with E-state index >= 15 is 0 Å². The normalized spacial score (nSPS) is 26.6. The van der Waals surface area contributed by atoms with Crippen LogP contribution in [-0.2, 0) is 6.18 Å². The number of H-pyrrole nitrogens is 1. The lowest BCUT2D eigenvalue weighted by atomic mass is 9.94. The predicted molar refractivity (Wildman–Crippen MR) is 66.6 cm³/mol. The Morgan fingerprint density at radius 2 is 2.15 bits per heavy atom. The maximum absolute atomic E-state index is 13.0. The molecule has 0 aliphatic carbocycles. The molecule has 5 nitrogen and oxygen atoms in total. The lowest BCUT2D eigenvalue weighted by Crippen LogP contribution is -2.40. The third kappa shape index (κ3) is 2.28. The Morgan fingerprint density at radius 3 is 2.85 bits per heavy atom. The van der Waals surface area contributed by atoms with Crippen molar-refractivity contribution in [3.63, 3.8) is 0 Å². The van der Waals surface area contributed by atoms with E-state index in [9.17, 15) is 18.0 Å². The molecule has 0 aromatic carbocycles. The summed E-state index contributed by atoms with van der Waals surface area (Å²) in [5, 5.41) is 8.71. The van der Waals surface area contributed by atoms with Gasteiger partial charge in [-0.15, -0.1) is 0 Å². The van der Waals surface area contributed by atoms with E-state index in [2.05, 4.69) is 10.4 Å². The molecule has 2 aliphatic rings. The second-order valence-electron chi connectivity index (χ2n) is 5.33. The Hall–Kier alpha value is -1.57. The van der Waals surface area contributed by atoms with Crippen LogP contribution in [0.1, 0.15) is 18.4 Å². The van der Waals surface area contributed by atoms with Gasteiger partial charge in [0.15, 0.2) is 0 Å². The molecule has 0 spiro atoms. The Morgan fingerprint density at radius 1 is 1.35 bits per heavy atom. The smallest absolute Gasteiger partial charge is 0.368 e. The van der Waals surface area contributed by atoms with Gasteiger partial charge in [0.25, 0.3) is 5.56 Å². The molecule has 3 rings (SSSR count). The first-order chi connectivity index (χ1) is 9.47. The number of aromatic amines is 1. The number of nitrogens with one attached hydrogen (secondary N) is 2. The number of hydrogen-bond donors (Lipinski definition) is 2. The quantitative estimate of drug-likeness (QED) is 0.808. The molecule has 110 valence electrons. The zero-order valence-electron chi connectivity index (χ0n) is 10.7. The molecule has 1 aromatic rings. The minimum absolute atomic E-state index is 0.113. The van der Waals surface area contributed by atoms with Gasteiger partial charge in [-0.1, -0.05) is 0 Å². The van der Waals surface area contributed by atoms with Crippen molar-refractivity contribution >= 4 is 5.69 Å². The summed E-state index contributed by atoms with van der Waals surface area (Å²) in [5.41, 5.74) is -2.44. The van der Waals surface area contributed by atoms with Crippen molar-refractivity contribution < 1.29 is 13.2 Å². The zero-order valence-corrected chi connectivity index (χ0v) is 10.7. The maximum Gasteiger partial charge on any atom is 0.423 e. The van der Waals surface area contributed by atoms with Crippen LogP contribution >= 0.6 is 0 Å². The summed E-state index contributed by atoms with van der Waals surface area (Å²) in [4.78, 5) is 13.1. The molecule has 0 saturated carbocycles. The summed E-state index contributed by atoms with van der Waals surface area (Å²) in [6.45, 7) is 1.92. The summed E-state index contributed by atoms with van der Waals surface area (Å²) >= 11 is 0. The van der Waals surface area contributed by atoms with Crippen molar-refractivity contribution in [3.8, 4) is 0 Å². The van der Waals surface area contributed by atoms with Gasteiger partial charge < -0.3 is 10.2 Å². The number of hydrogen-bond acceptors (Lipinski definition) is 4. The maximum atomic E-state index is 13.0. The highest BCUT2D eigenvalue weighted by molar-refractivity contribution is 5.53. The molecule has 2 aliphatic heterocycles. The molecule has 1 unspecified atom stereocenters. The third-order valence-electron chi connectivity index (χ3n) is 4.06. The standard InChI is InChI=1S/C12H15F3N4O/c13-12(14,15)10-9(4-17-18-11(10)20)19-5-7-2-1-3-16-8(7)6-19/h4,7-8,16H,1-3,5-6H2,(H,18,20)/t7?,8-/m0/s1. The molecule has 8 heteroatoms. The molecule has 2 N–H and O–H groups in total. The lowest BCUT2D eigenvalue weighted by Gasteiger charge is -2.24. The van der Waals surface area contributed by atoms with E-state index in [0.717, 1.165) is 25.6 Å².